The van der Waals surface area contributed by atoms with Gasteiger partial charge in [0.05, 0.1) is 0 Å². The van der Waals surface area contributed by atoms with Gasteiger partial charge in [-0.05, 0) is 0 Å². The third kappa shape index (κ3) is 2.29. The molecule has 15 heavy (non-hydrogen) atoms. The van der Waals surface area contributed by atoms with Gasteiger partial charge in [-0.1, -0.05) is 15.0 Å². The molecule has 1 fully saturated rings. The van der Waals surface area contributed by atoms with Crippen molar-refractivity contribution in [1.29, 1.82) is 0 Å². The number of hydrogen-bond donors (Lipinski definition) is 0. The van der Waals surface area contributed by atoms with Crippen LogP contribution in [0.25, 0.3) is 0 Å². The van der Waals surface area contributed by atoms with E-state index < -0.39 is 35.1 Å². The summed E-state index contributed by atoms with van der Waals surface area (Å²) in [6.07, 6.45) is 0. The van der Waals surface area contributed by atoms with Gasteiger partial charge in [-0.2, -0.15) is 0 Å². The zero-order valence-electron chi connectivity index (χ0n) is 7.25. The van der Waals surface area contributed by atoms with Crippen LogP contribution in [0.3, 0.4) is 0 Å². The van der Waals surface area contributed by atoms with E-state index in [1.165, 1.54) is 0 Å². The summed E-state index contributed by atoms with van der Waals surface area (Å²) in [7, 11) is 0. The van der Waals surface area contributed by atoms with E-state index in [2.05, 4.69) is 0 Å². The van der Waals surface area contributed by atoms with E-state index in [-0.39, 0.29) is 0 Å². The van der Waals surface area contributed by atoms with Crippen molar-refractivity contribution in [3.63, 3.8) is 0 Å². The zero-order valence-corrected chi connectivity index (χ0v) is 7.25. The molecule has 0 radical (unpaired) electrons. The number of rotatable bonds is 3. The topological polar surface area (TPSA) is 139 Å². The Morgan fingerprint density at radius 1 is 0.667 bits per heavy atom. The van der Waals surface area contributed by atoms with Crippen molar-refractivity contribution in [2.45, 2.75) is 0 Å². The highest BCUT2D eigenvalue weighted by Crippen LogP contribution is 2.06. The lowest BCUT2D eigenvalue weighted by Gasteiger charge is -2.27. The third-order valence-electron chi connectivity index (χ3n) is 1.67. The molecule has 1 saturated heterocycles. The Bertz CT molecular complexity index is 252. The van der Waals surface area contributed by atoms with Crippen LogP contribution in [0.2, 0.25) is 0 Å². The molecule has 1 aliphatic rings. The minimum Gasteiger partial charge on any atom is -0.235 e. The molecule has 0 aromatic rings. The molecule has 0 aromatic carbocycles. The first-order chi connectivity index (χ1) is 6.91. The molecule has 1 heterocycles. The Morgan fingerprint density at radius 3 is 1.00 bits per heavy atom. The molecule has 0 saturated carbocycles. The minimum absolute atomic E-state index is 0.370. The Hall–Kier alpha value is -2.40. The average Bonchev–Trinajstić information content (AvgIpc) is 2.16. The fourth-order valence-electron chi connectivity index (χ4n) is 1.01. The third-order valence-corrected chi connectivity index (χ3v) is 1.67. The molecule has 0 N–H and O–H groups in total. The minimum atomic E-state index is -0.924. The van der Waals surface area contributed by atoms with Crippen LogP contribution in [-0.4, -0.2) is 50.1 Å². The number of nitrogens with zero attached hydrogens (tertiary/aromatic N) is 6. The molecular formula is C3H6N6O6. The summed E-state index contributed by atoms with van der Waals surface area (Å²) < 4.78 is 0. The van der Waals surface area contributed by atoms with Crippen LogP contribution in [0.4, 0.5) is 0 Å². The summed E-state index contributed by atoms with van der Waals surface area (Å²) in [5, 5.41) is 29.3. The average molecular weight is 228 g/mol. The number of hydrazine groups is 3. The monoisotopic (exact) mass is 228 g/mol. The summed E-state index contributed by atoms with van der Waals surface area (Å²) in [6, 6.07) is 0. The lowest BCUT2D eigenvalue weighted by molar-refractivity contribution is -0.775. The van der Waals surface area contributed by atoms with Crippen LogP contribution in [0, 0.1) is 30.3 Å². The first-order valence-electron chi connectivity index (χ1n) is 3.59. The van der Waals surface area contributed by atoms with Crippen LogP contribution in [0.1, 0.15) is 0 Å². The van der Waals surface area contributed by atoms with Crippen molar-refractivity contribution < 1.29 is 15.1 Å². The summed E-state index contributed by atoms with van der Waals surface area (Å²) >= 11 is 0. The van der Waals surface area contributed by atoms with Gasteiger partial charge in [0.25, 0.3) is 0 Å². The number of hydrogen-bond acceptors (Lipinski definition) is 6. The lowest BCUT2D eigenvalue weighted by atomic mass is 11.7. The van der Waals surface area contributed by atoms with Gasteiger partial charge in [0.1, 0.15) is 0 Å². The van der Waals surface area contributed by atoms with Gasteiger partial charge in [-0.3, -0.25) is 0 Å². The summed E-state index contributed by atoms with van der Waals surface area (Å²) in [5.74, 6) is 0. The van der Waals surface area contributed by atoms with Crippen LogP contribution in [0.5, 0.6) is 0 Å². The zero-order chi connectivity index (χ0) is 11.6. The predicted molar refractivity (Wildman–Crippen MR) is 41.1 cm³/mol. The molecule has 1 aliphatic heterocycles. The molecule has 0 spiro atoms. The standard InChI is InChI=1S/C3H6N6O6/c10-7(11)4-1-5(8(12)13)3-6(2-4)9(14)15/h1-3H2/i1+2,2+2,3+2. The lowest BCUT2D eigenvalue weighted by Crippen LogP contribution is -2.59. The summed E-state index contributed by atoms with van der Waals surface area (Å²) in [5.41, 5.74) is 0. The molecule has 0 aliphatic carbocycles. The van der Waals surface area contributed by atoms with Crippen molar-refractivity contribution in [3.05, 3.63) is 30.3 Å². The van der Waals surface area contributed by atoms with E-state index in [0.717, 1.165) is 0 Å². The van der Waals surface area contributed by atoms with E-state index in [9.17, 15) is 30.3 Å². The highest BCUT2D eigenvalue weighted by atomic mass is 16.8. The second-order valence-electron chi connectivity index (χ2n) is 2.66. The highest BCUT2D eigenvalue weighted by Gasteiger charge is 2.39. The molecule has 0 unspecified atom stereocenters. The fraction of sp³-hybridized carbons (Fsp3) is 1.00. The van der Waals surface area contributed by atoms with Gasteiger partial charge in [-0.25, -0.2) is 30.3 Å². The Kier molecular flexibility index (Phi) is 2.68. The predicted octanol–water partition coefficient (Wildman–Crippen LogP) is -1.65. The maximum Gasteiger partial charge on any atom is 0.212 e. The van der Waals surface area contributed by atoms with Gasteiger partial charge >= 0.3 is 0 Å². The van der Waals surface area contributed by atoms with Gasteiger partial charge in [0, 0.05) is 0 Å². The summed E-state index contributed by atoms with van der Waals surface area (Å²) in [4.78, 5) is 31.0. The van der Waals surface area contributed by atoms with Gasteiger partial charge in [0.15, 0.2) is 15.1 Å². The molecule has 0 atom stereocenters. The molecule has 0 amide bonds. The van der Waals surface area contributed by atoms with Gasteiger partial charge < -0.3 is 0 Å². The highest BCUT2D eigenvalue weighted by molar-refractivity contribution is 4.50. The van der Waals surface area contributed by atoms with Crippen molar-refractivity contribution in [3.8, 4) is 0 Å². The molecule has 1 rings (SSSR count). The Balaban J connectivity index is 2.77. The molecule has 12 nitrogen and oxygen atoms in total. The van der Waals surface area contributed by atoms with Crippen molar-refractivity contribution in [2.75, 3.05) is 20.0 Å². The van der Waals surface area contributed by atoms with Crippen LogP contribution in [0.15, 0.2) is 0 Å². The molecule has 0 bridgehead atoms. The first-order valence-corrected chi connectivity index (χ1v) is 3.59. The van der Waals surface area contributed by atoms with Crippen LogP contribution < -0.4 is 0 Å². The SMILES string of the molecule is O=[N+]([O-])N1[14CH2]N([N+](=O)[O-])[14CH2]N([N+](=O)[O-])[14CH2]1. The van der Waals surface area contributed by atoms with Crippen molar-refractivity contribution >= 4 is 0 Å². The number of nitro groups is 3. The van der Waals surface area contributed by atoms with E-state index in [4.69, 9.17) is 0 Å². The van der Waals surface area contributed by atoms with Crippen LogP contribution >= 0.6 is 0 Å². The molecular weight excluding hydrogens is 222 g/mol. The summed E-state index contributed by atoms with van der Waals surface area (Å²) in [6.45, 7) is -1.78. The van der Waals surface area contributed by atoms with E-state index >= 15 is 0 Å². The van der Waals surface area contributed by atoms with Gasteiger partial charge in [0.2, 0.25) is 20.0 Å². The molecule has 84 valence electrons. The fourth-order valence-corrected chi connectivity index (χ4v) is 1.01. The maximum atomic E-state index is 10.3. The largest absolute Gasteiger partial charge is 0.235 e. The Labute approximate surface area is 81.6 Å². The van der Waals surface area contributed by atoms with E-state index in [1.54, 1.807) is 0 Å². The quantitative estimate of drug-likeness (QED) is 0.410. The molecule has 0 aromatic heterocycles. The first kappa shape index (κ1) is 10.7. The normalized spacial score (nSPS) is 16.4. The van der Waals surface area contributed by atoms with E-state index in [1.807, 2.05) is 0 Å². The molecule has 12 heteroatoms. The van der Waals surface area contributed by atoms with E-state index in [0.29, 0.717) is 15.0 Å². The van der Waals surface area contributed by atoms with Crippen molar-refractivity contribution in [1.82, 2.24) is 15.0 Å². The second-order valence-corrected chi connectivity index (χ2v) is 2.66. The smallest absolute Gasteiger partial charge is 0.212 e. The second kappa shape index (κ2) is 3.77. The van der Waals surface area contributed by atoms with Crippen LogP contribution in [-0.2, 0) is 0 Å². The van der Waals surface area contributed by atoms with Gasteiger partial charge in [-0.15, -0.1) is 0 Å². The van der Waals surface area contributed by atoms with Crippen molar-refractivity contribution in [2.24, 2.45) is 0 Å². The maximum absolute atomic E-state index is 10.3. The Morgan fingerprint density at radius 2 is 0.867 bits per heavy atom.